The molecule has 1 atom stereocenters. The number of alkyl halides is 3. The molecule has 1 aromatic heterocycles. The SMILES string of the molecule is CCNC(=NCc1cccnc1OCC(F)(F)F)NC(C)COC. The summed E-state index contributed by atoms with van der Waals surface area (Å²) in [4.78, 5) is 8.19. The first-order valence-corrected chi connectivity index (χ1v) is 7.53. The first-order chi connectivity index (χ1) is 11.4. The second-order valence-corrected chi connectivity index (χ2v) is 5.07. The van der Waals surface area contributed by atoms with E-state index < -0.39 is 12.8 Å². The summed E-state index contributed by atoms with van der Waals surface area (Å²) in [5.41, 5.74) is 0.471. The van der Waals surface area contributed by atoms with E-state index in [1.165, 1.54) is 6.20 Å². The van der Waals surface area contributed by atoms with Crippen molar-refractivity contribution in [1.29, 1.82) is 0 Å². The van der Waals surface area contributed by atoms with Crippen LogP contribution in [0.2, 0.25) is 0 Å². The molecule has 0 saturated carbocycles. The van der Waals surface area contributed by atoms with Crippen LogP contribution in [-0.2, 0) is 11.3 Å². The van der Waals surface area contributed by atoms with E-state index in [2.05, 4.69) is 20.6 Å². The molecule has 2 N–H and O–H groups in total. The molecule has 1 heterocycles. The van der Waals surface area contributed by atoms with Crippen LogP contribution in [0.1, 0.15) is 19.4 Å². The minimum Gasteiger partial charge on any atom is -0.468 e. The van der Waals surface area contributed by atoms with Crippen LogP contribution < -0.4 is 15.4 Å². The smallest absolute Gasteiger partial charge is 0.422 e. The third-order valence-corrected chi connectivity index (χ3v) is 2.77. The number of nitrogens with zero attached hydrogens (tertiary/aromatic N) is 2. The Kier molecular flexibility index (Phi) is 8.31. The Labute approximate surface area is 139 Å². The molecule has 0 radical (unpaired) electrons. The highest BCUT2D eigenvalue weighted by Crippen LogP contribution is 2.20. The standard InChI is InChI=1S/C15H23F3N4O2/c1-4-19-14(22-11(2)9-23-3)21-8-12-6-5-7-20-13(12)24-10-15(16,17)18/h5-7,11H,4,8-10H2,1-3H3,(H2,19,21,22). The van der Waals surface area contributed by atoms with E-state index in [1.54, 1.807) is 19.2 Å². The van der Waals surface area contributed by atoms with Crippen molar-refractivity contribution in [2.45, 2.75) is 32.6 Å². The normalized spacial score (nSPS) is 13.5. The largest absolute Gasteiger partial charge is 0.468 e. The lowest BCUT2D eigenvalue weighted by Gasteiger charge is -2.17. The van der Waals surface area contributed by atoms with E-state index in [1.807, 2.05) is 13.8 Å². The van der Waals surface area contributed by atoms with Crippen LogP contribution in [0.15, 0.2) is 23.3 Å². The van der Waals surface area contributed by atoms with Gasteiger partial charge in [-0.25, -0.2) is 9.98 Å². The monoisotopic (exact) mass is 348 g/mol. The molecule has 0 saturated heterocycles. The average molecular weight is 348 g/mol. The molecule has 6 nitrogen and oxygen atoms in total. The highest BCUT2D eigenvalue weighted by molar-refractivity contribution is 5.80. The number of nitrogens with one attached hydrogen (secondary N) is 2. The van der Waals surface area contributed by atoms with Crippen LogP contribution in [0.25, 0.3) is 0 Å². The van der Waals surface area contributed by atoms with Gasteiger partial charge in [0.1, 0.15) is 0 Å². The van der Waals surface area contributed by atoms with Crippen molar-refractivity contribution in [1.82, 2.24) is 15.6 Å². The number of ether oxygens (including phenoxy) is 2. The molecule has 0 spiro atoms. The zero-order valence-corrected chi connectivity index (χ0v) is 14.0. The van der Waals surface area contributed by atoms with E-state index in [9.17, 15) is 13.2 Å². The molecule has 9 heteroatoms. The fraction of sp³-hybridized carbons (Fsp3) is 0.600. The Hall–Kier alpha value is -2.03. The fourth-order valence-corrected chi connectivity index (χ4v) is 1.83. The van der Waals surface area contributed by atoms with Gasteiger partial charge in [-0.15, -0.1) is 0 Å². The molecule has 0 amide bonds. The first-order valence-electron chi connectivity index (χ1n) is 7.53. The van der Waals surface area contributed by atoms with Crippen molar-refractivity contribution in [3.63, 3.8) is 0 Å². The van der Waals surface area contributed by atoms with Crippen LogP contribution in [0.4, 0.5) is 13.2 Å². The highest BCUT2D eigenvalue weighted by atomic mass is 19.4. The molecule has 136 valence electrons. The lowest BCUT2D eigenvalue weighted by Crippen LogP contribution is -2.43. The molecule has 0 aliphatic heterocycles. The van der Waals surface area contributed by atoms with Gasteiger partial charge in [-0.2, -0.15) is 13.2 Å². The third-order valence-electron chi connectivity index (χ3n) is 2.77. The lowest BCUT2D eigenvalue weighted by molar-refractivity contribution is -0.154. The van der Waals surface area contributed by atoms with Crippen molar-refractivity contribution < 1.29 is 22.6 Å². The van der Waals surface area contributed by atoms with Crippen LogP contribution in [0.5, 0.6) is 5.88 Å². The average Bonchev–Trinajstić information content (AvgIpc) is 2.51. The predicted octanol–water partition coefficient (Wildman–Crippen LogP) is 2.11. The summed E-state index contributed by atoms with van der Waals surface area (Å²) in [5, 5.41) is 6.20. The molecular weight excluding hydrogens is 325 g/mol. The lowest BCUT2D eigenvalue weighted by atomic mass is 10.3. The molecule has 1 aromatic rings. The van der Waals surface area contributed by atoms with E-state index in [0.29, 0.717) is 24.7 Å². The molecule has 0 bridgehead atoms. The van der Waals surface area contributed by atoms with Crippen LogP contribution in [0.3, 0.4) is 0 Å². The minimum atomic E-state index is -4.41. The van der Waals surface area contributed by atoms with Crippen molar-refractivity contribution in [3.05, 3.63) is 23.9 Å². The van der Waals surface area contributed by atoms with E-state index in [4.69, 9.17) is 9.47 Å². The van der Waals surface area contributed by atoms with Crippen molar-refractivity contribution >= 4 is 5.96 Å². The summed E-state index contributed by atoms with van der Waals surface area (Å²) in [5.74, 6) is 0.465. The fourth-order valence-electron chi connectivity index (χ4n) is 1.83. The van der Waals surface area contributed by atoms with Gasteiger partial charge in [0.25, 0.3) is 0 Å². The number of aromatic nitrogens is 1. The van der Waals surface area contributed by atoms with Crippen molar-refractivity contribution in [2.24, 2.45) is 4.99 Å². The topological polar surface area (TPSA) is 67.8 Å². The second kappa shape index (κ2) is 9.96. The van der Waals surface area contributed by atoms with E-state index in [-0.39, 0.29) is 18.5 Å². The Bertz CT molecular complexity index is 524. The van der Waals surface area contributed by atoms with Gasteiger partial charge in [0.15, 0.2) is 12.6 Å². The Morgan fingerprint density at radius 2 is 2.17 bits per heavy atom. The van der Waals surface area contributed by atoms with Gasteiger partial charge in [0.05, 0.1) is 13.2 Å². The minimum absolute atomic E-state index is 0.0302. The summed E-state index contributed by atoms with van der Waals surface area (Å²) in [6.45, 7) is 3.74. The second-order valence-electron chi connectivity index (χ2n) is 5.07. The van der Waals surface area contributed by atoms with Gasteiger partial charge >= 0.3 is 6.18 Å². The molecule has 0 aliphatic rings. The number of pyridine rings is 1. The number of rotatable bonds is 8. The molecule has 24 heavy (non-hydrogen) atoms. The summed E-state index contributed by atoms with van der Waals surface area (Å²) in [6, 6.07) is 3.28. The number of halogens is 3. The summed E-state index contributed by atoms with van der Waals surface area (Å²) >= 11 is 0. The number of hydrogen-bond acceptors (Lipinski definition) is 4. The van der Waals surface area contributed by atoms with E-state index >= 15 is 0 Å². The predicted molar refractivity (Wildman–Crippen MR) is 85.1 cm³/mol. The first kappa shape index (κ1) is 20.0. The van der Waals surface area contributed by atoms with Gasteiger partial charge in [-0.05, 0) is 19.9 Å². The van der Waals surface area contributed by atoms with Gasteiger partial charge < -0.3 is 20.1 Å². The van der Waals surface area contributed by atoms with Crippen molar-refractivity contribution in [3.8, 4) is 5.88 Å². The molecule has 1 unspecified atom stereocenters. The van der Waals surface area contributed by atoms with Crippen LogP contribution >= 0.6 is 0 Å². The van der Waals surface area contributed by atoms with E-state index in [0.717, 1.165) is 0 Å². The molecule has 0 fully saturated rings. The number of aliphatic imine (C=N–C) groups is 1. The van der Waals surface area contributed by atoms with Gasteiger partial charge in [-0.3, -0.25) is 0 Å². The van der Waals surface area contributed by atoms with Crippen LogP contribution in [-0.4, -0.2) is 50.0 Å². The zero-order valence-electron chi connectivity index (χ0n) is 14.0. The Balaban J connectivity index is 2.77. The van der Waals surface area contributed by atoms with Crippen molar-refractivity contribution in [2.75, 3.05) is 26.9 Å². The third kappa shape index (κ3) is 8.00. The molecule has 0 aromatic carbocycles. The van der Waals surface area contributed by atoms with Gasteiger partial charge in [0, 0.05) is 31.5 Å². The maximum Gasteiger partial charge on any atom is 0.422 e. The number of methoxy groups -OCH3 is 1. The Morgan fingerprint density at radius 3 is 2.79 bits per heavy atom. The Morgan fingerprint density at radius 1 is 1.42 bits per heavy atom. The van der Waals surface area contributed by atoms with Gasteiger partial charge in [-0.1, -0.05) is 6.07 Å². The number of hydrogen-bond donors (Lipinski definition) is 2. The summed E-state index contributed by atoms with van der Waals surface area (Å²) in [7, 11) is 1.60. The van der Waals surface area contributed by atoms with Crippen LogP contribution in [0, 0.1) is 0 Å². The summed E-state index contributed by atoms with van der Waals surface area (Å²) in [6.07, 6.45) is -3.03. The quantitative estimate of drug-likeness (QED) is 0.556. The summed E-state index contributed by atoms with van der Waals surface area (Å²) < 4.78 is 46.7. The highest BCUT2D eigenvalue weighted by Gasteiger charge is 2.29. The number of guanidine groups is 1. The maximum atomic E-state index is 12.3. The molecule has 1 rings (SSSR count). The molecular formula is C15H23F3N4O2. The zero-order chi connectivity index (χ0) is 18.0. The molecule has 0 aliphatic carbocycles. The maximum absolute atomic E-state index is 12.3. The van der Waals surface area contributed by atoms with Gasteiger partial charge in [0.2, 0.25) is 5.88 Å².